The number of rotatable bonds is 2. The smallest absolute Gasteiger partial charge is 0.265 e. The molecule has 0 saturated heterocycles. The van der Waals surface area contributed by atoms with Gasteiger partial charge in [-0.1, -0.05) is 17.7 Å². The van der Waals surface area contributed by atoms with E-state index >= 15 is 0 Å². The van der Waals surface area contributed by atoms with Crippen molar-refractivity contribution in [1.82, 2.24) is 4.57 Å². The van der Waals surface area contributed by atoms with Crippen LogP contribution >= 0.6 is 11.6 Å². The molecule has 0 aliphatic rings. The van der Waals surface area contributed by atoms with E-state index in [9.17, 15) is 9.18 Å². The number of benzene rings is 1. The predicted octanol–water partition coefficient (Wildman–Crippen LogP) is 2.50. The van der Waals surface area contributed by atoms with Crippen molar-refractivity contribution in [2.24, 2.45) is 0 Å². The van der Waals surface area contributed by atoms with Gasteiger partial charge in [-0.2, -0.15) is 5.26 Å². The minimum atomic E-state index is -0.695. The van der Waals surface area contributed by atoms with Gasteiger partial charge >= 0.3 is 0 Å². The fourth-order valence-electron chi connectivity index (χ4n) is 1.69. The summed E-state index contributed by atoms with van der Waals surface area (Å²) in [4.78, 5) is 12.1. The summed E-state index contributed by atoms with van der Waals surface area (Å²) < 4.78 is 14.8. The number of nitrogens with one attached hydrogen (secondary N) is 1. The molecule has 0 radical (unpaired) electrons. The summed E-state index contributed by atoms with van der Waals surface area (Å²) in [6.45, 7) is 0. The van der Waals surface area contributed by atoms with Crippen molar-refractivity contribution in [3.8, 4) is 11.8 Å². The van der Waals surface area contributed by atoms with E-state index in [0.717, 1.165) is 16.8 Å². The molecule has 94 valence electrons. The van der Waals surface area contributed by atoms with Crippen LogP contribution in [0.3, 0.4) is 0 Å². The number of halogens is 2. The standard InChI is InChI=1S/C13H7ClFN3O/c14-10-4-5-18(13(19)9(10)7-17)12-8(6-16)2-1-3-11(12)15/h1-5,7,17H. The molecular weight excluding hydrogens is 269 g/mol. The number of hydrogen-bond donors (Lipinski definition) is 1. The zero-order valence-electron chi connectivity index (χ0n) is 9.52. The van der Waals surface area contributed by atoms with E-state index in [1.807, 2.05) is 6.07 Å². The lowest BCUT2D eigenvalue weighted by molar-refractivity contribution is 0.615. The van der Waals surface area contributed by atoms with Gasteiger partial charge in [-0.05, 0) is 18.2 Å². The molecule has 1 heterocycles. The molecule has 0 spiro atoms. The maximum Gasteiger partial charge on any atom is 0.265 e. The van der Waals surface area contributed by atoms with Gasteiger partial charge in [0.25, 0.3) is 5.56 Å². The van der Waals surface area contributed by atoms with E-state index in [0.29, 0.717) is 0 Å². The monoisotopic (exact) mass is 275 g/mol. The lowest BCUT2D eigenvalue weighted by Gasteiger charge is -2.10. The van der Waals surface area contributed by atoms with Crippen molar-refractivity contribution < 1.29 is 4.39 Å². The fourth-order valence-corrected chi connectivity index (χ4v) is 1.88. The molecule has 1 aromatic heterocycles. The average Bonchev–Trinajstić information content (AvgIpc) is 2.40. The topological polar surface area (TPSA) is 69.6 Å². The van der Waals surface area contributed by atoms with Crippen LogP contribution in [0.25, 0.3) is 5.69 Å². The van der Waals surface area contributed by atoms with E-state index in [4.69, 9.17) is 22.3 Å². The summed E-state index contributed by atoms with van der Waals surface area (Å²) in [7, 11) is 0. The van der Waals surface area contributed by atoms with Crippen LogP contribution in [0.15, 0.2) is 35.3 Å². The second-order valence-corrected chi connectivity index (χ2v) is 4.05. The second-order valence-electron chi connectivity index (χ2n) is 3.64. The van der Waals surface area contributed by atoms with Crippen molar-refractivity contribution in [1.29, 1.82) is 10.7 Å². The van der Waals surface area contributed by atoms with E-state index in [1.165, 1.54) is 24.4 Å². The zero-order chi connectivity index (χ0) is 14.0. The van der Waals surface area contributed by atoms with Crippen LogP contribution in [-0.2, 0) is 0 Å². The Morgan fingerprint density at radius 2 is 2.16 bits per heavy atom. The fraction of sp³-hybridized carbons (Fsp3) is 0. The number of hydrogen-bond acceptors (Lipinski definition) is 3. The molecule has 4 nitrogen and oxygen atoms in total. The molecule has 2 rings (SSSR count). The Morgan fingerprint density at radius 1 is 1.42 bits per heavy atom. The quantitative estimate of drug-likeness (QED) is 0.856. The SMILES string of the molecule is N#Cc1cccc(F)c1-n1ccc(Cl)c(C=N)c1=O. The summed E-state index contributed by atoms with van der Waals surface area (Å²) >= 11 is 5.78. The van der Waals surface area contributed by atoms with Gasteiger partial charge in [-0.25, -0.2) is 4.39 Å². The largest absolute Gasteiger partial charge is 0.308 e. The molecule has 0 unspecified atom stereocenters. The minimum absolute atomic E-state index is 0.0281. The van der Waals surface area contributed by atoms with Gasteiger partial charge in [0, 0.05) is 12.4 Å². The molecule has 1 N–H and O–H groups in total. The molecule has 19 heavy (non-hydrogen) atoms. The molecule has 0 atom stereocenters. The third-order valence-electron chi connectivity index (χ3n) is 2.57. The van der Waals surface area contributed by atoms with Gasteiger partial charge in [-0.3, -0.25) is 9.36 Å². The highest BCUT2D eigenvalue weighted by Crippen LogP contribution is 2.18. The first kappa shape index (κ1) is 13.0. The lowest BCUT2D eigenvalue weighted by atomic mass is 10.1. The highest BCUT2D eigenvalue weighted by molar-refractivity contribution is 6.32. The Hall–Kier alpha value is -2.45. The van der Waals surface area contributed by atoms with Gasteiger partial charge < -0.3 is 5.41 Å². The van der Waals surface area contributed by atoms with Gasteiger partial charge in [0.2, 0.25) is 0 Å². The first-order chi connectivity index (χ1) is 9.10. The van der Waals surface area contributed by atoms with Crippen LogP contribution in [0.4, 0.5) is 4.39 Å². The highest BCUT2D eigenvalue weighted by Gasteiger charge is 2.14. The molecule has 0 fully saturated rings. The Morgan fingerprint density at radius 3 is 2.79 bits per heavy atom. The first-order valence-electron chi connectivity index (χ1n) is 5.20. The molecular formula is C13H7ClFN3O. The molecule has 0 aliphatic heterocycles. The van der Waals surface area contributed by atoms with E-state index < -0.39 is 11.4 Å². The van der Waals surface area contributed by atoms with Gasteiger partial charge in [0.1, 0.15) is 17.6 Å². The summed E-state index contributed by atoms with van der Waals surface area (Å²) in [6, 6.07) is 7.14. The predicted molar refractivity (Wildman–Crippen MR) is 69.6 cm³/mol. The van der Waals surface area contributed by atoms with Crippen molar-refractivity contribution >= 4 is 17.8 Å². The number of nitrogens with zero attached hydrogens (tertiary/aromatic N) is 2. The Balaban J connectivity index is 2.85. The van der Waals surface area contributed by atoms with E-state index in [-0.39, 0.29) is 21.8 Å². The van der Waals surface area contributed by atoms with Gasteiger partial charge in [-0.15, -0.1) is 0 Å². The number of nitriles is 1. The van der Waals surface area contributed by atoms with E-state index in [2.05, 4.69) is 0 Å². The van der Waals surface area contributed by atoms with Crippen LogP contribution < -0.4 is 5.56 Å². The number of para-hydroxylation sites is 1. The summed E-state index contributed by atoms with van der Waals surface area (Å²) in [5.74, 6) is -0.695. The van der Waals surface area contributed by atoms with Crippen LogP contribution in [-0.4, -0.2) is 10.8 Å². The second kappa shape index (κ2) is 5.04. The minimum Gasteiger partial charge on any atom is -0.308 e. The lowest BCUT2D eigenvalue weighted by Crippen LogP contribution is -2.23. The van der Waals surface area contributed by atoms with Crippen molar-refractivity contribution in [2.45, 2.75) is 0 Å². The van der Waals surface area contributed by atoms with Gasteiger partial charge in [0.05, 0.1) is 16.1 Å². The maximum atomic E-state index is 13.8. The van der Waals surface area contributed by atoms with Crippen LogP contribution in [0.1, 0.15) is 11.1 Å². The average molecular weight is 276 g/mol. The molecule has 0 amide bonds. The summed E-state index contributed by atoms with van der Waals surface area (Å²) in [5, 5.41) is 16.2. The molecule has 0 saturated carbocycles. The zero-order valence-corrected chi connectivity index (χ0v) is 10.3. The Bertz CT molecular complexity index is 761. The molecule has 0 bridgehead atoms. The maximum absolute atomic E-state index is 13.8. The summed E-state index contributed by atoms with van der Waals surface area (Å²) in [5.41, 5.74) is -0.824. The summed E-state index contributed by atoms with van der Waals surface area (Å²) in [6.07, 6.45) is 2.07. The molecule has 2 aromatic rings. The third kappa shape index (κ3) is 2.14. The first-order valence-corrected chi connectivity index (χ1v) is 5.58. The van der Waals surface area contributed by atoms with E-state index in [1.54, 1.807) is 0 Å². The third-order valence-corrected chi connectivity index (χ3v) is 2.90. The van der Waals surface area contributed by atoms with Crippen LogP contribution in [0.2, 0.25) is 5.02 Å². The molecule has 1 aromatic carbocycles. The normalized spacial score (nSPS) is 9.95. The molecule has 0 aliphatic carbocycles. The number of pyridine rings is 1. The van der Waals surface area contributed by atoms with Crippen molar-refractivity contribution in [2.75, 3.05) is 0 Å². The van der Waals surface area contributed by atoms with Crippen molar-refractivity contribution in [3.05, 3.63) is 62.8 Å². The number of aromatic nitrogens is 1. The highest BCUT2D eigenvalue weighted by atomic mass is 35.5. The van der Waals surface area contributed by atoms with Crippen LogP contribution in [0.5, 0.6) is 0 Å². The van der Waals surface area contributed by atoms with Crippen LogP contribution in [0, 0.1) is 22.6 Å². The molecule has 6 heteroatoms. The Kier molecular flexibility index (Phi) is 3.45. The Labute approximate surface area is 112 Å². The van der Waals surface area contributed by atoms with Crippen molar-refractivity contribution in [3.63, 3.8) is 0 Å². The van der Waals surface area contributed by atoms with Gasteiger partial charge in [0.15, 0.2) is 0 Å².